The molecule has 2 aromatic heterocycles. The third kappa shape index (κ3) is 4.47. The van der Waals surface area contributed by atoms with E-state index < -0.39 is 0 Å². The number of piperazine rings is 1. The van der Waals surface area contributed by atoms with Gasteiger partial charge in [-0.25, -0.2) is 0 Å². The van der Waals surface area contributed by atoms with E-state index in [0.717, 1.165) is 54.1 Å². The summed E-state index contributed by atoms with van der Waals surface area (Å²) in [5, 5.41) is 13.5. The molecule has 0 atom stereocenters. The Bertz CT molecular complexity index is 1270. The summed E-state index contributed by atoms with van der Waals surface area (Å²) in [6.07, 6.45) is 3.42. The van der Waals surface area contributed by atoms with Crippen molar-refractivity contribution in [3.05, 3.63) is 84.3 Å². The SMILES string of the molecule is COc1ccc(N2CCN(c3nnc(C(=O)NCc4ccncc4)c4ccccc34)CC2)cc1. The number of anilines is 2. The van der Waals surface area contributed by atoms with Gasteiger partial charge in [0.2, 0.25) is 0 Å². The van der Waals surface area contributed by atoms with E-state index in [1.54, 1.807) is 19.5 Å². The van der Waals surface area contributed by atoms with Gasteiger partial charge in [-0.05, 0) is 42.0 Å². The lowest BCUT2D eigenvalue weighted by atomic mass is 10.1. The van der Waals surface area contributed by atoms with Gasteiger partial charge in [-0.1, -0.05) is 24.3 Å². The van der Waals surface area contributed by atoms with Gasteiger partial charge in [0.15, 0.2) is 11.5 Å². The van der Waals surface area contributed by atoms with Crippen molar-refractivity contribution in [1.82, 2.24) is 20.5 Å². The summed E-state index contributed by atoms with van der Waals surface area (Å²) in [5.41, 5.74) is 2.50. The van der Waals surface area contributed by atoms with Gasteiger partial charge in [0.1, 0.15) is 5.75 Å². The Kier molecular flexibility index (Phi) is 6.20. The first-order chi connectivity index (χ1) is 16.7. The Balaban J connectivity index is 1.32. The van der Waals surface area contributed by atoms with Gasteiger partial charge >= 0.3 is 0 Å². The van der Waals surface area contributed by atoms with Gasteiger partial charge in [0, 0.05) is 61.6 Å². The van der Waals surface area contributed by atoms with E-state index in [2.05, 4.69) is 42.4 Å². The third-order valence-electron chi connectivity index (χ3n) is 6.10. The highest BCUT2D eigenvalue weighted by Gasteiger charge is 2.23. The minimum absolute atomic E-state index is 0.239. The molecule has 1 saturated heterocycles. The number of amides is 1. The van der Waals surface area contributed by atoms with E-state index in [1.165, 1.54) is 5.69 Å². The molecule has 1 amide bonds. The minimum atomic E-state index is -0.239. The lowest BCUT2D eigenvalue weighted by Gasteiger charge is -2.37. The number of hydrogen-bond acceptors (Lipinski definition) is 7. The molecule has 1 aliphatic heterocycles. The number of methoxy groups -OCH3 is 1. The molecule has 0 radical (unpaired) electrons. The van der Waals surface area contributed by atoms with Crippen molar-refractivity contribution < 1.29 is 9.53 Å². The maximum atomic E-state index is 12.9. The highest BCUT2D eigenvalue weighted by molar-refractivity contribution is 6.07. The molecular weight excluding hydrogens is 428 g/mol. The van der Waals surface area contributed by atoms with Gasteiger partial charge in [0.05, 0.1) is 7.11 Å². The molecular formula is C26H26N6O2. The monoisotopic (exact) mass is 454 g/mol. The van der Waals surface area contributed by atoms with E-state index in [9.17, 15) is 4.79 Å². The zero-order valence-corrected chi connectivity index (χ0v) is 19.0. The molecule has 8 heteroatoms. The first-order valence-corrected chi connectivity index (χ1v) is 11.3. The number of nitrogens with one attached hydrogen (secondary N) is 1. The summed E-state index contributed by atoms with van der Waals surface area (Å²) in [7, 11) is 1.68. The zero-order chi connectivity index (χ0) is 23.3. The van der Waals surface area contributed by atoms with Gasteiger partial charge in [-0.15, -0.1) is 10.2 Å². The second kappa shape index (κ2) is 9.74. The van der Waals surface area contributed by atoms with Crippen molar-refractivity contribution >= 4 is 28.2 Å². The number of pyridine rings is 1. The topological polar surface area (TPSA) is 83.5 Å². The molecule has 1 N–H and O–H groups in total. The Morgan fingerprint density at radius 2 is 1.56 bits per heavy atom. The summed E-state index contributed by atoms with van der Waals surface area (Å²) in [6.45, 7) is 3.79. The predicted molar refractivity (Wildman–Crippen MR) is 132 cm³/mol. The van der Waals surface area contributed by atoms with Crippen LogP contribution >= 0.6 is 0 Å². The second-order valence-electron chi connectivity index (χ2n) is 8.13. The molecule has 1 aliphatic rings. The second-order valence-corrected chi connectivity index (χ2v) is 8.13. The van der Waals surface area contributed by atoms with Crippen LogP contribution in [-0.4, -0.2) is 54.4 Å². The van der Waals surface area contributed by atoms with E-state index in [4.69, 9.17) is 4.74 Å². The highest BCUT2D eigenvalue weighted by Crippen LogP contribution is 2.28. The fraction of sp³-hybridized carbons (Fsp3) is 0.231. The minimum Gasteiger partial charge on any atom is -0.497 e. The number of benzene rings is 2. The number of rotatable bonds is 6. The molecule has 3 heterocycles. The van der Waals surface area contributed by atoms with Crippen molar-refractivity contribution in [3.63, 3.8) is 0 Å². The molecule has 0 saturated carbocycles. The Morgan fingerprint density at radius 1 is 0.882 bits per heavy atom. The molecule has 0 spiro atoms. The summed E-state index contributed by atoms with van der Waals surface area (Å²) >= 11 is 0. The van der Waals surface area contributed by atoms with E-state index >= 15 is 0 Å². The summed E-state index contributed by atoms with van der Waals surface area (Å²) in [4.78, 5) is 21.5. The largest absolute Gasteiger partial charge is 0.497 e. The number of ether oxygens (including phenoxy) is 1. The molecule has 4 aromatic rings. The van der Waals surface area contributed by atoms with Crippen molar-refractivity contribution in [2.24, 2.45) is 0 Å². The maximum Gasteiger partial charge on any atom is 0.272 e. The number of aromatic nitrogens is 3. The van der Waals surface area contributed by atoms with Crippen LogP contribution in [0.2, 0.25) is 0 Å². The normalized spacial score (nSPS) is 13.7. The highest BCUT2D eigenvalue weighted by atomic mass is 16.5. The lowest BCUT2D eigenvalue weighted by molar-refractivity contribution is 0.0947. The first kappa shape index (κ1) is 21.6. The van der Waals surface area contributed by atoms with Crippen LogP contribution in [0.15, 0.2) is 73.1 Å². The Morgan fingerprint density at radius 3 is 2.26 bits per heavy atom. The number of nitrogens with zero attached hydrogens (tertiary/aromatic N) is 5. The molecule has 8 nitrogen and oxygen atoms in total. The van der Waals surface area contributed by atoms with E-state index in [-0.39, 0.29) is 5.91 Å². The number of carbonyl (C=O) groups is 1. The summed E-state index contributed by atoms with van der Waals surface area (Å²) < 4.78 is 5.26. The number of carbonyl (C=O) groups excluding carboxylic acids is 1. The maximum absolute atomic E-state index is 12.9. The van der Waals surface area contributed by atoms with Gasteiger partial charge in [-0.2, -0.15) is 0 Å². The van der Waals surface area contributed by atoms with Crippen molar-refractivity contribution in [2.75, 3.05) is 43.1 Å². The molecule has 0 bridgehead atoms. The van der Waals surface area contributed by atoms with Crippen LogP contribution in [0.25, 0.3) is 10.8 Å². The third-order valence-corrected chi connectivity index (χ3v) is 6.10. The van der Waals surface area contributed by atoms with Crippen LogP contribution in [0.4, 0.5) is 11.5 Å². The molecule has 34 heavy (non-hydrogen) atoms. The Labute approximate surface area is 198 Å². The average Bonchev–Trinajstić information content (AvgIpc) is 2.92. The molecule has 2 aromatic carbocycles. The van der Waals surface area contributed by atoms with Crippen LogP contribution in [0.1, 0.15) is 16.1 Å². The quantitative estimate of drug-likeness (QED) is 0.479. The predicted octanol–water partition coefficient (Wildman–Crippen LogP) is 3.29. The smallest absolute Gasteiger partial charge is 0.272 e. The van der Waals surface area contributed by atoms with Gasteiger partial charge < -0.3 is 19.9 Å². The van der Waals surface area contributed by atoms with Crippen LogP contribution in [0, 0.1) is 0 Å². The number of hydrogen-bond donors (Lipinski definition) is 1. The zero-order valence-electron chi connectivity index (χ0n) is 19.0. The number of fused-ring (bicyclic) bond motifs is 1. The van der Waals surface area contributed by atoms with Gasteiger partial charge in [0.25, 0.3) is 5.91 Å². The average molecular weight is 455 g/mol. The van der Waals surface area contributed by atoms with Crippen molar-refractivity contribution in [1.29, 1.82) is 0 Å². The Hall–Kier alpha value is -4.20. The molecule has 5 rings (SSSR count). The van der Waals surface area contributed by atoms with Gasteiger partial charge in [-0.3, -0.25) is 9.78 Å². The van der Waals surface area contributed by atoms with Crippen LogP contribution < -0.4 is 19.9 Å². The molecule has 1 fully saturated rings. The molecule has 0 aliphatic carbocycles. The van der Waals surface area contributed by atoms with E-state index in [0.29, 0.717) is 12.2 Å². The fourth-order valence-corrected chi connectivity index (χ4v) is 4.23. The van der Waals surface area contributed by atoms with Crippen molar-refractivity contribution in [2.45, 2.75) is 6.54 Å². The standard InChI is InChI=1S/C26H26N6O2/c1-34-21-8-6-20(7-9-21)31-14-16-32(17-15-31)25-23-5-3-2-4-22(23)24(29-30-25)26(33)28-18-19-10-12-27-13-11-19/h2-13H,14-18H2,1H3,(H,28,33). The first-order valence-electron chi connectivity index (χ1n) is 11.3. The van der Waals surface area contributed by atoms with Crippen molar-refractivity contribution in [3.8, 4) is 5.75 Å². The van der Waals surface area contributed by atoms with E-state index in [1.807, 2.05) is 48.5 Å². The lowest BCUT2D eigenvalue weighted by Crippen LogP contribution is -2.47. The molecule has 172 valence electrons. The van der Waals surface area contributed by atoms with Crippen LogP contribution in [-0.2, 0) is 6.54 Å². The van der Waals surface area contributed by atoms with Crippen LogP contribution in [0.5, 0.6) is 5.75 Å². The molecule has 0 unspecified atom stereocenters. The summed E-state index contributed by atoms with van der Waals surface area (Å²) in [6, 6.07) is 19.7. The van der Waals surface area contributed by atoms with Crippen LogP contribution in [0.3, 0.4) is 0 Å². The summed E-state index contributed by atoms with van der Waals surface area (Å²) in [5.74, 6) is 1.43. The fourth-order valence-electron chi connectivity index (χ4n) is 4.23.